The van der Waals surface area contributed by atoms with Crippen molar-refractivity contribution in [3.05, 3.63) is 40.7 Å². The van der Waals surface area contributed by atoms with Crippen LogP contribution in [0.1, 0.15) is 44.5 Å². The number of halogens is 2. The van der Waals surface area contributed by atoms with Crippen LogP contribution in [0.4, 0.5) is 15.0 Å². The summed E-state index contributed by atoms with van der Waals surface area (Å²) in [5.41, 5.74) is 0.162. The van der Waals surface area contributed by atoms with Crippen LogP contribution in [-0.4, -0.2) is 126 Å². The van der Waals surface area contributed by atoms with Crippen molar-refractivity contribution >= 4 is 29.4 Å². The maximum Gasteiger partial charge on any atom is 0.410 e. The lowest BCUT2D eigenvalue weighted by Gasteiger charge is -2.40. The summed E-state index contributed by atoms with van der Waals surface area (Å²) in [6.45, 7) is 13.4. The lowest BCUT2D eigenvalue weighted by molar-refractivity contribution is 0.000954. The number of hydrogen-bond donors (Lipinski definition) is 0. The summed E-state index contributed by atoms with van der Waals surface area (Å²) in [6, 6.07) is 6.35. The van der Waals surface area contributed by atoms with Crippen LogP contribution in [0.15, 0.2) is 24.3 Å². The molecular formula is C32H42ClFN6O4. The molecule has 238 valence electrons. The number of pyridine rings is 1. The normalized spacial score (nSPS) is 24.9. The summed E-state index contributed by atoms with van der Waals surface area (Å²) >= 11 is 6.96. The summed E-state index contributed by atoms with van der Waals surface area (Å²) in [7, 11) is 2.14. The van der Waals surface area contributed by atoms with Crippen molar-refractivity contribution in [2.24, 2.45) is 0 Å². The van der Waals surface area contributed by atoms with Crippen molar-refractivity contribution < 1.29 is 23.5 Å². The average Bonchev–Trinajstić information content (AvgIpc) is 3.29. The van der Waals surface area contributed by atoms with Crippen LogP contribution >= 0.6 is 11.6 Å². The highest BCUT2D eigenvalue weighted by atomic mass is 35.5. The Morgan fingerprint density at radius 1 is 1.05 bits per heavy atom. The zero-order chi connectivity index (χ0) is 31.3. The molecule has 3 fully saturated rings. The Morgan fingerprint density at radius 2 is 1.77 bits per heavy atom. The molecule has 4 aliphatic rings. The molecule has 2 aromatic rings. The van der Waals surface area contributed by atoms with E-state index in [0.29, 0.717) is 37.1 Å². The van der Waals surface area contributed by atoms with Gasteiger partial charge >= 0.3 is 6.09 Å². The lowest BCUT2D eigenvalue weighted by Crippen LogP contribution is -2.58. The molecule has 0 saturated carbocycles. The van der Waals surface area contributed by atoms with E-state index in [4.69, 9.17) is 26.1 Å². The van der Waals surface area contributed by atoms with Crippen LogP contribution in [0.25, 0.3) is 11.3 Å². The van der Waals surface area contributed by atoms with E-state index in [0.717, 1.165) is 32.6 Å². The van der Waals surface area contributed by atoms with Gasteiger partial charge in [0.25, 0.3) is 5.91 Å². The average molecular weight is 629 g/mol. The van der Waals surface area contributed by atoms with E-state index >= 15 is 4.39 Å². The highest BCUT2D eigenvalue weighted by Crippen LogP contribution is 2.45. The lowest BCUT2D eigenvalue weighted by atomic mass is 10.1. The van der Waals surface area contributed by atoms with Crippen LogP contribution < -0.4 is 9.64 Å². The molecule has 0 unspecified atom stereocenters. The molecule has 44 heavy (non-hydrogen) atoms. The monoisotopic (exact) mass is 628 g/mol. The van der Waals surface area contributed by atoms with E-state index in [1.54, 1.807) is 28.0 Å². The molecule has 0 bridgehead atoms. The number of ether oxygens (including phenoxy) is 2. The summed E-state index contributed by atoms with van der Waals surface area (Å²) in [5, 5.41) is 0.105. The van der Waals surface area contributed by atoms with Crippen molar-refractivity contribution in [1.82, 2.24) is 24.6 Å². The van der Waals surface area contributed by atoms with Gasteiger partial charge in [0, 0.05) is 70.0 Å². The second kappa shape index (κ2) is 12.0. The summed E-state index contributed by atoms with van der Waals surface area (Å²) in [6.07, 6.45) is 0.499. The van der Waals surface area contributed by atoms with Crippen LogP contribution in [0.5, 0.6) is 5.75 Å². The number of hydrogen-bond acceptors (Lipinski definition) is 8. The number of carbonyl (C=O) groups excluding carboxylic acids is 2. The molecule has 12 heteroatoms. The topological polar surface area (TPSA) is 81.7 Å². The molecule has 6 rings (SSSR count). The predicted molar refractivity (Wildman–Crippen MR) is 167 cm³/mol. The van der Waals surface area contributed by atoms with E-state index < -0.39 is 23.6 Å². The first-order chi connectivity index (χ1) is 20.9. The largest absolute Gasteiger partial charge is 0.489 e. The quantitative estimate of drug-likeness (QED) is 0.500. The minimum atomic E-state index is -0.633. The maximum absolute atomic E-state index is 15.2. The van der Waals surface area contributed by atoms with Gasteiger partial charge in [-0.3, -0.25) is 9.69 Å². The highest BCUT2D eigenvalue weighted by molar-refractivity contribution is 6.35. The Labute approximate surface area is 263 Å². The summed E-state index contributed by atoms with van der Waals surface area (Å²) in [4.78, 5) is 42.7. The molecule has 3 atom stereocenters. The first kappa shape index (κ1) is 30.9. The number of benzene rings is 1. The fourth-order valence-electron chi connectivity index (χ4n) is 6.73. The van der Waals surface area contributed by atoms with Gasteiger partial charge in [-0.2, -0.15) is 0 Å². The fourth-order valence-corrected chi connectivity index (χ4v) is 7.02. The van der Waals surface area contributed by atoms with Gasteiger partial charge in [0.2, 0.25) is 0 Å². The molecule has 2 amide bonds. The first-order valence-electron chi connectivity index (χ1n) is 15.5. The highest BCUT2D eigenvalue weighted by Gasteiger charge is 2.44. The van der Waals surface area contributed by atoms with Gasteiger partial charge < -0.3 is 29.1 Å². The number of fused-ring (bicyclic) bond motifs is 2. The second-order valence-corrected chi connectivity index (χ2v) is 13.8. The van der Waals surface area contributed by atoms with E-state index in [2.05, 4.69) is 28.7 Å². The molecule has 0 spiro atoms. The van der Waals surface area contributed by atoms with E-state index in [-0.39, 0.29) is 47.1 Å². The van der Waals surface area contributed by atoms with E-state index in [1.165, 1.54) is 6.07 Å². The summed E-state index contributed by atoms with van der Waals surface area (Å²) < 4.78 is 27.1. The Bertz CT molecular complexity index is 1430. The molecule has 4 aliphatic heterocycles. The molecule has 1 aromatic heterocycles. The standard InChI is InChI=1S/C32H42ClFN6O4/c1-20-16-21(37-12-10-36(5)11-13-37)18-40(20)29-25-28(26(33)27(35-29)23-8-6-7-9-24(23)34)43-19-22-17-38(14-15-39(22)30(25)41)31(42)44-32(2,3)4/h6-9,20-22H,10-19H2,1-5H3/t20-,21+,22+/m0/s1. The number of amides is 2. The number of piperazine rings is 2. The van der Waals surface area contributed by atoms with Crippen LogP contribution in [0.3, 0.4) is 0 Å². The molecule has 5 heterocycles. The third kappa shape index (κ3) is 5.93. The second-order valence-electron chi connectivity index (χ2n) is 13.4. The van der Waals surface area contributed by atoms with Crippen LogP contribution in [0, 0.1) is 5.82 Å². The van der Waals surface area contributed by atoms with Crippen LogP contribution in [0.2, 0.25) is 5.02 Å². The smallest absolute Gasteiger partial charge is 0.410 e. The zero-order valence-corrected chi connectivity index (χ0v) is 26.9. The minimum absolute atomic E-state index is 0.0850. The van der Waals surface area contributed by atoms with Crippen molar-refractivity contribution in [3.8, 4) is 17.0 Å². The van der Waals surface area contributed by atoms with Gasteiger partial charge in [0.1, 0.15) is 34.4 Å². The number of likely N-dealkylation sites (N-methyl/N-ethyl adjacent to an activating group) is 1. The molecule has 0 N–H and O–H groups in total. The number of anilines is 1. The van der Waals surface area contributed by atoms with Gasteiger partial charge in [0.15, 0.2) is 5.75 Å². The Kier molecular flexibility index (Phi) is 8.40. The van der Waals surface area contributed by atoms with E-state index in [1.807, 2.05) is 20.8 Å². The molecular weight excluding hydrogens is 587 g/mol. The zero-order valence-electron chi connectivity index (χ0n) is 26.2. The Balaban J connectivity index is 1.37. The number of rotatable bonds is 3. The molecule has 0 radical (unpaired) electrons. The first-order valence-corrected chi connectivity index (χ1v) is 15.9. The Morgan fingerprint density at radius 3 is 2.48 bits per heavy atom. The molecule has 0 aliphatic carbocycles. The fraction of sp³-hybridized carbons (Fsp3) is 0.594. The summed E-state index contributed by atoms with van der Waals surface area (Å²) in [5.74, 6) is -0.0191. The third-order valence-corrected chi connectivity index (χ3v) is 9.46. The Hall–Kier alpha value is -3.15. The van der Waals surface area contributed by atoms with Crippen LogP contribution in [-0.2, 0) is 4.74 Å². The van der Waals surface area contributed by atoms with Crippen molar-refractivity contribution in [1.29, 1.82) is 0 Å². The van der Waals surface area contributed by atoms with Crippen molar-refractivity contribution in [2.75, 3.05) is 70.9 Å². The van der Waals surface area contributed by atoms with Crippen molar-refractivity contribution in [3.63, 3.8) is 0 Å². The maximum atomic E-state index is 15.2. The van der Waals surface area contributed by atoms with Gasteiger partial charge in [-0.1, -0.05) is 23.7 Å². The SMILES string of the molecule is C[C@H]1C[C@@H](N2CCN(C)CC2)CN1c1nc(-c2ccccc2F)c(Cl)c2c1C(=O)N1CCN(C(=O)OC(C)(C)C)C[C@@H]1CO2. The van der Waals surface area contributed by atoms with Crippen molar-refractivity contribution in [2.45, 2.75) is 57.8 Å². The minimum Gasteiger partial charge on any atom is -0.489 e. The van der Waals surface area contributed by atoms with E-state index in [9.17, 15) is 9.59 Å². The number of carbonyl (C=O) groups is 2. The molecule has 10 nitrogen and oxygen atoms in total. The van der Waals surface area contributed by atoms with Gasteiger partial charge in [-0.15, -0.1) is 0 Å². The van der Waals surface area contributed by atoms with Gasteiger partial charge in [0.05, 0.1) is 11.7 Å². The molecule has 1 aromatic carbocycles. The molecule has 3 saturated heterocycles. The number of nitrogens with zero attached hydrogens (tertiary/aromatic N) is 6. The number of aromatic nitrogens is 1. The van der Waals surface area contributed by atoms with Gasteiger partial charge in [-0.25, -0.2) is 14.2 Å². The van der Waals surface area contributed by atoms with Gasteiger partial charge in [-0.05, 0) is 53.3 Å². The predicted octanol–water partition coefficient (Wildman–Crippen LogP) is 4.21. The third-order valence-electron chi connectivity index (χ3n) is 9.11.